The van der Waals surface area contributed by atoms with E-state index in [2.05, 4.69) is 9.71 Å². The maximum atomic E-state index is 12.9. The van der Waals surface area contributed by atoms with Crippen LogP contribution in [0.1, 0.15) is 10.4 Å². The number of nitrogens with one attached hydrogen (secondary N) is 1. The van der Waals surface area contributed by atoms with Gasteiger partial charge in [-0.1, -0.05) is 41.9 Å². The molecule has 0 atom stereocenters. The molecule has 0 fully saturated rings. The fourth-order valence-electron chi connectivity index (χ4n) is 2.80. The molecule has 0 spiro atoms. The van der Waals surface area contributed by atoms with E-state index in [4.69, 9.17) is 25.5 Å². The minimum absolute atomic E-state index is 0.0346. The summed E-state index contributed by atoms with van der Waals surface area (Å²) in [5.41, 5.74) is 0.538. The second-order valence-corrected chi connectivity index (χ2v) is 8.35. The summed E-state index contributed by atoms with van der Waals surface area (Å²) in [7, 11) is -2.88. The number of pyridine rings is 1. The van der Waals surface area contributed by atoms with Crippen molar-refractivity contribution in [1.29, 1.82) is 0 Å². The first-order valence-electron chi connectivity index (χ1n) is 8.89. The van der Waals surface area contributed by atoms with E-state index >= 15 is 0 Å². The molecule has 0 aliphatic rings. The molecule has 158 valence electrons. The Kier molecular flexibility index (Phi) is 5.53. The van der Waals surface area contributed by atoms with Gasteiger partial charge < -0.3 is 13.9 Å². The molecule has 4 aromatic rings. The zero-order valence-corrected chi connectivity index (χ0v) is 17.6. The molecule has 2 aromatic heterocycles. The topological polar surface area (TPSA) is 108 Å². The molecule has 4 rings (SSSR count). The van der Waals surface area contributed by atoms with Crippen molar-refractivity contribution in [2.45, 2.75) is 5.09 Å². The number of anilines is 1. The van der Waals surface area contributed by atoms with Gasteiger partial charge in [-0.3, -0.25) is 4.72 Å². The van der Waals surface area contributed by atoms with E-state index in [1.165, 1.54) is 37.6 Å². The molecule has 31 heavy (non-hydrogen) atoms. The monoisotopic (exact) mass is 458 g/mol. The molecule has 8 nitrogen and oxygen atoms in total. The lowest BCUT2D eigenvalue weighted by Gasteiger charge is -2.13. The molecular weight excluding hydrogens is 444 g/mol. The van der Waals surface area contributed by atoms with Crippen molar-refractivity contribution in [3.05, 3.63) is 77.4 Å². The number of hydrogen-bond acceptors (Lipinski definition) is 7. The first-order valence-corrected chi connectivity index (χ1v) is 10.8. The Morgan fingerprint density at radius 2 is 1.84 bits per heavy atom. The first-order chi connectivity index (χ1) is 14.9. The van der Waals surface area contributed by atoms with Crippen molar-refractivity contribution in [2.24, 2.45) is 0 Å². The number of furan rings is 1. The maximum absolute atomic E-state index is 12.9. The smallest absolute Gasteiger partial charge is 0.341 e. The zero-order chi connectivity index (χ0) is 22.0. The van der Waals surface area contributed by atoms with Gasteiger partial charge >= 0.3 is 5.97 Å². The highest BCUT2D eigenvalue weighted by Crippen LogP contribution is 2.33. The number of methoxy groups -OCH3 is 1. The number of carbonyl (C=O) groups is 1. The molecule has 0 amide bonds. The molecule has 0 aliphatic heterocycles. The van der Waals surface area contributed by atoms with Crippen LogP contribution in [0.4, 0.5) is 5.69 Å². The van der Waals surface area contributed by atoms with E-state index in [1.807, 2.05) is 0 Å². The maximum Gasteiger partial charge on any atom is 0.341 e. The fourth-order valence-corrected chi connectivity index (χ4v) is 3.98. The summed E-state index contributed by atoms with van der Waals surface area (Å²) in [6, 6.07) is 16.0. The summed E-state index contributed by atoms with van der Waals surface area (Å²) in [4.78, 5) is 16.1. The molecule has 0 bridgehead atoms. The van der Waals surface area contributed by atoms with E-state index in [0.717, 1.165) is 0 Å². The van der Waals surface area contributed by atoms with Crippen LogP contribution >= 0.6 is 11.6 Å². The normalized spacial score (nSPS) is 11.3. The van der Waals surface area contributed by atoms with Crippen LogP contribution in [-0.2, 0) is 14.8 Å². The molecule has 10 heteroatoms. The molecule has 2 heterocycles. The summed E-state index contributed by atoms with van der Waals surface area (Å²) < 4.78 is 44.1. The van der Waals surface area contributed by atoms with Gasteiger partial charge in [-0.2, -0.15) is 8.42 Å². The van der Waals surface area contributed by atoms with E-state index < -0.39 is 16.0 Å². The summed E-state index contributed by atoms with van der Waals surface area (Å²) in [5, 5.41) is 0.529. The van der Waals surface area contributed by atoms with Crippen molar-refractivity contribution in [3.8, 4) is 11.6 Å². The second kappa shape index (κ2) is 8.29. The van der Waals surface area contributed by atoms with Crippen LogP contribution in [0, 0.1) is 0 Å². The third kappa shape index (κ3) is 4.32. The number of sulfonamides is 1. The second-order valence-electron chi connectivity index (χ2n) is 6.30. The average Bonchev–Trinajstić information content (AvgIpc) is 3.21. The van der Waals surface area contributed by atoms with Gasteiger partial charge in [0.1, 0.15) is 22.6 Å². The molecule has 0 aliphatic carbocycles. The summed E-state index contributed by atoms with van der Waals surface area (Å²) in [6.45, 7) is 0. The van der Waals surface area contributed by atoms with Crippen LogP contribution in [-0.4, -0.2) is 26.5 Å². The summed E-state index contributed by atoms with van der Waals surface area (Å²) in [6.07, 6.45) is 1.29. The lowest BCUT2D eigenvalue weighted by atomic mass is 10.2. The molecule has 0 unspecified atom stereocenters. The van der Waals surface area contributed by atoms with Gasteiger partial charge in [0.2, 0.25) is 11.0 Å². The van der Waals surface area contributed by atoms with Gasteiger partial charge in [0.25, 0.3) is 10.0 Å². The van der Waals surface area contributed by atoms with E-state index in [1.54, 1.807) is 36.4 Å². The number of nitrogens with zero attached hydrogens (tertiary/aromatic N) is 1. The minimum atomic E-state index is -4.12. The van der Waals surface area contributed by atoms with E-state index in [0.29, 0.717) is 11.0 Å². The summed E-state index contributed by atoms with van der Waals surface area (Å²) in [5.74, 6) is -0.595. The van der Waals surface area contributed by atoms with Crippen LogP contribution in [0.25, 0.3) is 11.0 Å². The molecular formula is C21H15ClN2O6S. The third-order valence-corrected chi connectivity index (χ3v) is 5.66. The number of para-hydroxylation sites is 2. The predicted molar refractivity (Wildman–Crippen MR) is 114 cm³/mol. The predicted octanol–water partition coefficient (Wildman–Crippen LogP) is 4.86. The van der Waals surface area contributed by atoms with Crippen LogP contribution in [0.5, 0.6) is 11.6 Å². The Labute approximate surface area is 182 Å². The first kappa shape index (κ1) is 20.7. The lowest BCUT2D eigenvalue weighted by molar-refractivity contribution is 0.0598. The van der Waals surface area contributed by atoms with Crippen LogP contribution in [0.15, 0.2) is 76.4 Å². The number of rotatable bonds is 6. The minimum Gasteiger partial charge on any atom is -0.465 e. The molecule has 0 saturated heterocycles. The van der Waals surface area contributed by atoms with E-state index in [9.17, 15) is 13.2 Å². The highest BCUT2D eigenvalue weighted by Gasteiger charge is 2.23. The Morgan fingerprint density at radius 3 is 2.61 bits per heavy atom. The average molecular weight is 459 g/mol. The van der Waals surface area contributed by atoms with Crippen molar-refractivity contribution < 1.29 is 27.1 Å². The van der Waals surface area contributed by atoms with Crippen molar-refractivity contribution in [1.82, 2.24) is 4.98 Å². The Hall–Kier alpha value is -3.56. The number of hydrogen-bond donors (Lipinski definition) is 1. The number of esters is 1. The number of benzene rings is 2. The Bertz CT molecular complexity index is 1350. The van der Waals surface area contributed by atoms with Crippen molar-refractivity contribution >= 4 is 44.3 Å². The van der Waals surface area contributed by atoms with Crippen molar-refractivity contribution in [2.75, 3.05) is 11.8 Å². The third-order valence-electron chi connectivity index (χ3n) is 4.23. The standard InChI is InChI=1S/C21H15ClN2O6S/c1-28-21(25)15-7-3-5-9-18(15)30-20-16(11-14(22)12-23-20)24-31(26,27)19-10-13-6-2-4-8-17(13)29-19/h2-12,24H,1H3. The van der Waals surface area contributed by atoms with Gasteiger partial charge in [-0.05, 0) is 24.3 Å². The number of fused-ring (bicyclic) bond motifs is 1. The molecule has 0 saturated carbocycles. The van der Waals surface area contributed by atoms with Gasteiger partial charge in [-0.25, -0.2) is 9.78 Å². The highest BCUT2D eigenvalue weighted by molar-refractivity contribution is 7.92. The summed E-state index contributed by atoms with van der Waals surface area (Å²) >= 11 is 6.01. The van der Waals surface area contributed by atoms with E-state index in [-0.39, 0.29) is 33.0 Å². The molecule has 2 aromatic carbocycles. The Balaban J connectivity index is 1.70. The SMILES string of the molecule is COC(=O)c1ccccc1Oc1ncc(Cl)cc1NS(=O)(=O)c1cc2ccccc2o1. The number of carbonyl (C=O) groups excluding carboxylic acids is 1. The van der Waals surface area contributed by atoms with Crippen molar-refractivity contribution in [3.63, 3.8) is 0 Å². The van der Waals surface area contributed by atoms with Gasteiger partial charge in [-0.15, -0.1) is 0 Å². The van der Waals surface area contributed by atoms with Crippen LogP contribution in [0.3, 0.4) is 0 Å². The molecule has 0 radical (unpaired) electrons. The number of ether oxygens (including phenoxy) is 2. The lowest BCUT2D eigenvalue weighted by Crippen LogP contribution is -2.13. The quantitative estimate of drug-likeness (QED) is 0.411. The fraction of sp³-hybridized carbons (Fsp3) is 0.0476. The number of aromatic nitrogens is 1. The van der Waals surface area contributed by atoms with Crippen LogP contribution < -0.4 is 9.46 Å². The molecule has 1 N–H and O–H groups in total. The van der Waals surface area contributed by atoms with Gasteiger partial charge in [0, 0.05) is 17.6 Å². The number of halogens is 1. The van der Waals surface area contributed by atoms with Gasteiger partial charge in [0.15, 0.2) is 0 Å². The van der Waals surface area contributed by atoms with Gasteiger partial charge in [0.05, 0.1) is 12.1 Å². The Morgan fingerprint density at radius 1 is 1.10 bits per heavy atom. The van der Waals surface area contributed by atoms with Crippen LogP contribution in [0.2, 0.25) is 5.02 Å². The zero-order valence-electron chi connectivity index (χ0n) is 16.0. The largest absolute Gasteiger partial charge is 0.465 e. The highest BCUT2D eigenvalue weighted by atomic mass is 35.5.